The summed E-state index contributed by atoms with van der Waals surface area (Å²) in [6, 6.07) is 2.64. The van der Waals surface area contributed by atoms with Crippen molar-refractivity contribution in [1.29, 1.82) is 0 Å². The molecule has 1 rings (SSSR count). The Morgan fingerprint density at radius 3 is 2.38 bits per heavy atom. The number of Topliss-reactive ketones (excluding diaryl/α,β-unsaturated/α-hetero) is 1. The van der Waals surface area contributed by atoms with Gasteiger partial charge in [-0.15, -0.1) is 13.2 Å². The highest BCUT2D eigenvalue weighted by Gasteiger charge is 2.32. The quantitative estimate of drug-likeness (QED) is 0.775. The number of carbonyl (C=O) groups excluding carboxylic acids is 1. The lowest BCUT2D eigenvalue weighted by Crippen LogP contribution is -2.18. The van der Waals surface area contributed by atoms with Gasteiger partial charge in [0.25, 0.3) is 0 Å². The minimum Gasteiger partial charge on any atom is -0.405 e. The van der Waals surface area contributed by atoms with Crippen molar-refractivity contribution in [3.63, 3.8) is 0 Å². The van der Waals surface area contributed by atoms with Gasteiger partial charge in [0.15, 0.2) is 5.78 Å². The van der Waals surface area contributed by atoms with E-state index in [0.717, 1.165) is 0 Å². The topological polar surface area (TPSA) is 26.3 Å². The number of hydrogen-bond donors (Lipinski definition) is 0. The molecule has 0 aliphatic carbocycles. The zero-order chi connectivity index (χ0) is 12.5. The van der Waals surface area contributed by atoms with Gasteiger partial charge in [0, 0.05) is 15.6 Å². The van der Waals surface area contributed by atoms with Crippen LogP contribution in [-0.4, -0.2) is 12.1 Å². The zero-order valence-corrected chi connectivity index (χ0v) is 10.1. The van der Waals surface area contributed by atoms with E-state index in [1.165, 1.54) is 26.0 Å². The van der Waals surface area contributed by atoms with Crippen LogP contribution in [0.3, 0.4) is 0 Å². The van der Waals surface area contributed by atoms with Crippen LogP contribution in [0.1, 0.15) is 22.8 Å². The first kappa shape index (κ1) is 13.0. The molecule has 2 nitrogen and oxygen atoms in total. The second kappa shape index (κ2) is 4.45. The summed E-state index contributed by atoms with van der Waals surface area (Å²) in [7, 11) is 0. The molecule has 0 radical (unpaired) electrons. The summed E-state index contributed by atoms with van der Waals surface area (Å²) in [6.45, 7) is 2.69. The highest BCUT2D eigenvalue weighted by atomic mass is 79.9. The summed E-state index contributed by atoms with van der Waals surface area (Å²) in [5, 5.41) is 0. The van der Waals surface area contributed by atoms with E-state index in [1.54, 1.807) is 0 Å². The molecule has 0 aliphatic heterocycles. The van der Waals surface area contributed by atoms with E-state index >= 15 is 0 Å². The minimum atomic E-state index is -4.76. The van der Waals surface area contributed by atoms with Gasteiger partial charge in [0.05, 0.1) is 0 Å². The average molecular weight is 297 g/mol. The summed E-state index contributed by atoms with van der Waals surface area (Å²) in [5.41, 5.74) is 0.377. The minimum absolute atomic E-state index is 0.174. The normalized spacial score (nSPS) is 11.4. The lowest BCUT2D eigenvalue weighted by atomic mass is 10.1. The average Bonchev–Trinajstić information content (AvgIpc) is 2.07. The number of ketones is 1. The van der Waals surface area contributed by atoms with E-state index in [-0.39, 0.29) is 22.7 Å². The molecule has 88 valence electrons. The van der Waals surface area contributed by atoms with Gasteiger partial charge in [-0.25, -0.2) is 0 Å². The fraction of sp³-hybridized carbons (Fsp3) is 0.300. The number of alkyl halides is 3. The van der Waals surface area contributed by atoms with Crippen molar-refractivity contribution in [3.05, 3.63) is 27.7 Å². The van der Waals surface area contributed by atoms with Crippen LogP contribution in [0.2, 0.25) is 0 Å². The third kappa shape index (κ3) is 3.23. The maximum atomic E-state index is 12.1. The molecular weight excluding hydrogens is 289 g/mol. The smallest absolute Gasteiger partial charge is 0.405 e. The highest BCUT2D eigenvalue weighted by molar-refractivity contribution is 9.10. The zero-order valence-electron chi connectivity index (χ0n) is 8.48. The molecule has 0 heterocycles. The standard InChI is InChI=1S/C10H8BrF3O2/c1-5-8(6(2)15)3-7(11)4-9(5)16-10(12,13)14/h3-4H,1-2H3. The Kier molecular flexibility index (Phi) is 3.62. The molecule has 0 N–H and O–H groups in total. The summed E-state index contributed by atoms with van der Waals surface area (Å²) in [6.07, 6.45) is -4.76. The van der Waals surface area contributed by atoms with Crippen molar-refractivity contribution in [2.24, 2.45) is 0 Å². The molecule has 16 heavy (non-hydrogen) atoms. The number of carbonyl (C=O) groups is 1. The van der Waals surface area contributed by atoms with Crippen LogP contribution in [0.25, 0.3) is 0 Å². The summed E-state index contributed by atoms with van der Waals surface area (Å²) >= 11 is 3.02. The fourth-order valence-corrected chi connectivity index (χ4v) is 1.69. The number of halogens is 4. The summed E-state index contributed by atoms with van der Waals surface area (Å²) in [4.78, 5) is 11.2. The molecule has 0 bridgehead atoms. The SMILES string of the molecule is CC(=O)c1cc(Br)cc(OC(F)(F)F)c1C. The molecule has 0 aliphatic rings. The molecule has 0 spiro atoms. The van der Waals surface area contributed by atoms with Crippen LogP contribution in [0.5, 0.6) is 5.75 Å². The van der Waals surface area contributed by atoms with Gasteiger partial charge < -0.3 is 4.74 Å². The summed E-state index contributed by atoms with van der Waals surface area (Å²) < 4.78 is 40.4. The Morgan fingerprint density at radius 1 is 1.38 bits per heavy atom. The first-order chi connectivity index (χ1) is 7.20. The van der Waals surface area contributed by atoms with E-state index in [4.69, 9.17) is 0 Å². The number of hydrogen-bond acceptors (Lipinski definition) is 2. The fourth-order valence-electron chi connectivity index (χ4n) is 1.25. The van der Waals surface area contributed by atoms with Gasteiger partial charge in [-0.1, -0.05) is 15.9 Å². The molecule has 6 heteroatoms. The van der Waals surface area contributed by atoms with Crippen molar-refractivity contribution in [1.82, 2.24) is 0 Å². The molecule has 0 aromatic heterocycles. The van der Waals surface area contributed by atoms with E-state index in [0.29, 0.717) is 4.47 Å². The molecule has 1 aromatic rings. The molecule has 0 saturated carbocycles. The Hall–Kier alpha value is -1.04. The number of benzene rings is 1. The van der Waals surface area contributed by atoms with E-state index in [9.17, 15) is 18.0 Å². The van der Waals surface area contributed by atoms with Gasteiger partial charge in [0.1, 0.15) is 5.75 Å². The van der Waals surface area contributed by atoms with Crippen molar-refractivity contribution < 1.29 is 22.7 Å². The Balaban J connectivity index is 3.25. The van der Waals surface area contributed by atoms with E-state index in [1.807, 2.05) is 0 Å². The largest absolute Gasteiger partial charge is 0.573 e. The second-order valence-electron chi connectivity index (χ2n) is 3.18. The van der Waals surface area contributed by atoms with Crippen LogP contribution >= 0.6 is 15.9 Å². The third-order valence-corrected chi connectivity index (χ3v) is 2.39. The molecular formula is C10H8BrF3O2. The monoisotopic (exact) mass is 296 g/mol. The molecule has 0 atom stereocenters. The predicted octanol–water partition coefficient (Wildman–Crippen LogP) is 3.86. The Labute approximate surface area is 98.5 Å². The first-order valence-electron chi connectivity index (χ1n) is 4.27. The van der Waals surface area contributed by atoms with Crippen molar-refractivity contribution >= 4 is 21.7 Å². The van der Waals surface area contributed by atoms with Crippen LogP contribution in [0, 0.1) is 6.92 Å². The van der Waals surface area contributed by atoms with Gasteiger partial charge in [-0.05, 0) is 26.0 Å². The van der Waals surface area contributed by atoms with Crippen molar-refractivity contribution in [2.75, 3.05) is 0 Å². The van der Waals surface area contributed by atoms with Gasteiger partial charge in [-0.2, -0.15) is 0 Å². The number of ether oxygens (including phenoxy) is 1. The van der Waals surface area contributed by atoms with Gasteiger partial charge >= 0.3 is 6.36 Å². The van der Waals surface area contributed by atoms with E-state index < -0.39 is 6.36 Å². The van der Waals surface area contributed by atoms with Crippen molar-refractivity contribution in [3.8, 4) is 5.75 Å². The third-order valence-electron chi connectivity index (χ3n) is 1.93. The van der Waals surface area contributed by atoms with Crippen LogP contribution in [0.4, 0.5) is 13.2 Å². The molecule has 0 amide bonds. The lowest BCUT2D eigenvalue weighted by Gasteiger charge is -2.13. The first-order valence-corrected chi connectivity index (χ1v) is 5.07. The van der Waals surface area contributed by atoms with Gasteiger partial charge in [0.2, 0.25) is 0 Å². The molecule has 0 unspecified atom stereocenters. The van der Waals surface area contributed by atoms with Crippen LogP contribution in [-0.2, 0) is 0 Å². The maximum absolute atomic E-state index is 12.1. The highest BCUT2D eigenvalue weighted by Crippen LogP contribution is 2.31. The molecule has 0 saturated heterocycles. The molecule has 1 aromatic carbocycles. The molecule has 0 fully saturated rings. The Morgan fingerprint density at radius 2 is 1.94 bits per heavy atom. The number of rotatable bonds is 2. The predicted molar refractivity (Wildman–Crippen MR) is 55.6 cm³/mol. The van der Waals surface area contributed by atoms with Crippen LogP contribution in [0.15, 0.2) is 16.6 Å². The Bertz CT molecular complexity index is 427. The summed E-state index contributed by atoms with van der Waals surface area (Å²) in [5.74, 6) is -0.683. The second-order valence-corrected chi connectivity index (χ2v) is 4.10. The van der Waals surface area contributed by atoms with Gasteiger partial charge in [-0.3, -0.25) is 4.79 Å². The maximum Gasteiger partial charge on any atom is 0.573 e. The van der Waals surface area contributed by atoms with Crippen LogP contribution < -0.4 is 4.74 Å². The lowest BCUT2D eigenvalue weighted by molar-refractivity contribution is -0.274. The van der Waals surface area contributed by atoms with Crippen molar-refractivity contribution in [2.45, 2.75) is 20.2 Å². The van der Waals surface area contributed by atoms with E-state index in [2.05, 4.69) is 20.7 Å².